The number of hydrogen-bond donors (Lipinski definition) is 0. The Morgan fingerprint density at radius 3 is 1.47 bits per heavy atom. The van der Waals surface area contributed by atoms with Crippen molar-refractivity contribution in [2.75, 3.05) is 0 Å². The average molecular weight is 700 g/mol. The molecule has 1 unspecified atom stereocenters. The summed E-state index contributed by atoms with van der Waals surface area (Å²) in [7, 11) is 0. The maximum Gasteiger partial charge on any atom is 0.226 e. The number of benzene rings is 1. The monoisotopic (exact) mass is 693 g/mol. The molecule has 0 aromatic heterocycles. The van der Waals surface area contributed by atoms with Crippen molar-refractivity contribution >= 4 is 162 Å². The molecule has 0 aliphatic carbocycles. The minimum absolute atomic E-state index is 0.0525. The van der Waals surface area contributed by atoms with Crippen LogP contribution >= 0.6 is 162 Å². The lowest BCUT2D eigenvalue weighted by Crippen LogP contribution is -2.47. The number of halogens is 14. The summed E-state index contributed by atoms with van der Waals surface area (Å²) in [5.74, 6) is -0.0790. The molecular formula is C16H11Cl14. The van der Waals surface area contributed by atoms with Crippen LogP contribution in [0.2, 0.25) is 0 Å². The molecule has 0 bridgehead atoms. The molecule has 0 amide bonds. The first-order chi connectivity index (χ1) is 13.0. The van der Waals surface area contributed by atoms with Gasteiger partial charge in [0.25, 0.3) is 0 Å². The molecule has 1 aromatic carbocycles. The van der Waals surface area contributed by atoms with E-state index >= 15 is 0 Å². The topological polar surface area (TPSA) is 0 Å². The Morgan fingerprint density at radius 1 is 0.700 bits per heavy atom. The van der Waals surface area contributed by atoms with Crippen LogP contribution in [0.3, 0.4) is 0 Å². The zero-order chi connectivity index (χ0) is 24.1. The zero-order valence-electron chi connectivity index (χ0n) is 14.5. The first-order valence-corrected chi connectivity index (χ1v) is 12.9. The van der Waals surface area contributed by atoms with Crippen molar-refractivity contribution in [1.82, 2.24) is 0 Å². The molecule has 0 fully saturated rings. The highest BCUT2D eigenvalue weighted by Gasteiger charge is 2.63. The van der Waals surface area contributed by atoms with Gasteiger partial charge in [-0.25, -0.2) is 0 Å². The fourth-order valence-electron chi connectivity index (χ4n) is 2.32. The Morgan fingerprint density at radius 2 is 1.10 bits per heavy atom. The summed E-state index contributed by atoms with van der Waals surface area (Å²) < 4.78 is -13.6. The molecule has 1 rings (SSSR count). The van der Waals surface area contributed by atoms with Gasteiger partial charge in [-0.2, -0.15) is 0 Å². The molecule has 0 aliphatic heterocycles. The van der Waals surface area contributed by atoms with Gasteiger partial charge in [-0.05, 0) is 35.1 Å². The Balaban J connectivity index is 3.82. The van der Waals surface area contributed by atoms with Gasteiger partial charge in [0.2, 0.25) is 16.3 Å². The van der Waals surface area contributed by atoms with E-state index in [0.29, 0.717) is 12.0 Å². The molecular weight excluding hydrogens is 689 g/mol. The molecule has 0 nitrogen and oxygen atoms in total. The highest BCUT2D eigenvalue weighted by molar-refractivity contribution is 6.79. The van der Waals surface area contributed by atoms with Gasteiger partial charge in [0.15, 0.2) is 8.67 Å². The van der Waals surface area contributed by atoms with E-state index in [1.807, 2.05) is 6.92 Å². The maximum absolute atomic E-state index is 6.55. The average Bonchev–Trinajstić information content (AvgIpc) is 2.51. The Kier molecular flexibility index (Phi) is 10.8. The molecule has 0 spiro atoms. The van der Waals surface area contributed by atoms with Gasteiger partial charge in [-0.15, -0.1) is 0 Å². The Labute approximate surface area is 245 Å². The number of alkyl halides is 14. The van der Waals surface area contributed by atoms with E-state index in [2.05, 4.69) is 6.92 Å². The van der Waals surface area contributed by atoms with Crippen LogP contribution in [-0.4, -0.2) is 16.3 Å². The van der Waals surface area contributed by atoms with Crippen LogP contribution in [0.1, 0.15) is 23.6 Å². The van der Waals surface area contributed by atoms with E-state index in [1.54, 1.807) is 6.07 Å². The quantitative estimate of drug-likeness (QED) is 0.259. The van der Waals surface area contributed by atoms with Gasteiger partial charge in [0, 0.05) is 0 Å². The summed E-state index contributed by atoms with van der Waals surface area (Å²) in [6.07, 6.45) is 0.384. The molecule has 14 heteroatoms. The van der Waals surface area contributed by atoms with E-state index in [-0.39, 0.29) is 17.0 Å². The molecule has 0 saturated carbocycles. The van der Waals surface area contributed by atoms with Crippen molar-refractivity contribution in [3.05, 3.63) is 41.8 Å². The van der Waals surface area contributed by atoms with Gasteiger partial charge in [-0.3, -0.25) is 0 Å². The van der Waals surface area contributed by atoms with E-state index in [4.69, 9.17) is 162 Å². The summed E-state index contributed by atoms with van der Waals surface area (Å²) in [6.45, 7) is 5.78. The Hall–Kier alpha value is 3.28. The van der Waals surface area contributed by atoms with Crippen LogP contribution < -0.4 is 0 Å². The first kappa shape index (κ1) is 31.3. The largest absolute Gasteiger partial charge is 0.226 e. The van der Waals surface area contributed by atoms with Crippen LogP contribution in [-0.2, 0) is 15.1 Å². The van der Waals surface area contributed by atoms with Gasteiger partial charge in [-0.1, -0.05) is 188 Å². The van der Waals surface area contributed by atoms with E-state index in [0.717, 1.165) is 0 Å². The minimum atomic E-state index is -2.33. The number of rotatable bonds is 6. The first-order valence-electron chi connectivity index (χ1n) is 7.63. The minimum Gasteiger partial charge on any atom is -0.0930 e. The summed E-state index contributed by atoms with van der Waals surface area (Å²) in [6, 6.07) is 4.40. The van der Waals surface area contributed by atoms with Gasteiger partial charge < -0.3 is 0 Å². The van der Waals surface area contributed by atoms with E-state index in [9.17, 15) is 0 Å². The molecule has 0 saturated heterocycles. The highest BCUT2D eigenvalue weighted by Crippen LogP contribution is 2.63. The molecule has 173 valence electrons. The highest BCUT2D eigenvalue weighted by atomic mass is 35.6. The molecule has 0 heterocycles. The van der Waals surface area contributed by atoms with Gasteiger partial charge >= 0.3 is 0 Å². The van der Waals surface area contributed by atoms with Crippen LogP contribution in [0.4, 0.5) is 0 Å². The summed E-state index contributed by atoms with van der Waals surface area (Å²) in [5, 5.41) is 0. The molecule has 1 radical (unpaired) electrons. The van der Waals surface area contributed by atoms with Crippen molar-refractivity contribution in [1.29, 1.82) is 0 Å². The van der Waals surface area contributed by atoms with Crippen LogP contribution in [0, 0.1) is 12.8 Å². The zero-order valence-corrected chi connectivity index (χ0v) is 25.1. The van der Waals surface area contributed by atoms with Gasteiger partial charge in [0.1, 0.15) is 0 Å². The predicted molar refractivity (Wildman–Crippen MR) is 141 cm³/mol. The van der Waals surface area contributed by atoms with Crippen LogP contribution in [0.5, 0.6) is 0 Å². The molecule has 1 aromatic rings. The second kappa shape index (κ2) is 10.3. The van der Waals surface area contributed by atoms with E-state index in [1.165, 1.54) is 12.1 Å². The van der Waals surface area contributed by atoms with Crippen LogP contribution in [0.25, 0.3) is 0 Å². The normalized spacial score (nSPS) is 15.1. The summed E-state index contributed by atoms with van der Waals surface area (Å²) in [5.41, 5.74) is 0.713. The third kappa shape index (κ3) is 6.15. The molecule has 0 N–H and O–H groups in total. The van der Waals surface area contributed by atoms with E-state index < -0.39 is 24.9 Å². The maximum atomic E-state index is 6.55. The Bertz CT molecular complexity index is 754. The van der Waals surface area contributed by atoms with Crippen molar-refractivity contribution in [3.8, 4) is 0 Å². The van der Waals surface area contributed by atoms with Crippen molar-refractivity contribution in [2.45, 2.75) is 38.3 Å². The van der Waals surface area contributed by atoms with Gasteiger partial charge in [0.05, 0.1) is 0 Å². The summed E-state index contributed by atoms with van der Waals surface area (Å²) in [4.78, 5) is 0. The van der Waals surface area contributed by atoms with Crippen molar-refractivity contribution in [3.63, 3.8) is 0 Å². The van der Waals surface area contributed by atoms with Crippen molar-refractivity contribution < 1.29 is 0 Å². The molecule has 30 heavy (non-hydrogen) atoms. The van der Waals surface area contributed by atoms with Crippen molar-refractivity contribution in [2.24, 2.45) is 5.92 Å². The van der Waals surface area contributed by atoms with Crippen LogP contribution in [0.15, 0.2) is 18.2 Å². The third-order valence-electron chi connectivity index (χ3n) is 3.88. The second-order valence-electron chi connectivity index (χ2n) is 6.47. The standard InChI is InChI=1S/C16H11Cl14/c1-7(2)5-8-3-4-9(11(17,18)13(21,22)15(25,26)27)6-10(8)12(19,20)14(23,24)16(28,29)30/h3-4,6-7H,1,5H2,2H3. The lowest BCUT2D eigenvalue weighted by Gasteiger charge is -2.41. The number of hydrogen-bond acceptors (Lipinski definition) is 0. The predicted octanol–water partition coefficient (Wildman–Crippen LogP) is 11.0. The SMILES string of the molecule is [CH2]C(C)Cc1ccc(C(Cl)(Cl)C(Cl)(Cl)C(Cl)(Cl)Cl)cc1C(Cl)(Cl)C(Cl)(Cl)C(Cl)(Cl)Cl. The third-order valence-corrected chi connectivity index (χ3v) is 11.8. The second-order valence-corrected chi connectivity index (χ2v) is 16.3. The smallest absolute Gasteiger partial charge is 0.0930 e. The fraction of sp³-hybridized carbons (Fsp3) is 0.562. The molecule has 0 aliphatic rings. The fourth-order valence-corrected chi connectivity index (χ4v) is 5.33. The lowest BCUT2D eigenvalue weighted by molar-refractivity contribution is 0.657. The molecule has 1 atom stereocenters. The summed E-state index contributed by atoms with van der Waals surface area (Å²) >= 11 is 86.3. The lowest BCUT2D eigenvalue weighted by atomic mass is 9.91.